The van der Waals surface area contributed by atoms with Crippen molar-refractivity contribution in [3.8, 4) is 5.75 Å². The van der Waals surface area contributed by atoms with Gasteiger partial charge in [-0.25, -0.2) is 9.98 Å². The highest BCUT2D eigenvalue weighted by Crippen LogP contribution is 2.23. The van der Waals surface area contributed by atoms with Gasteiger partial charge in [0.15, 0.2) is 5.96 Å². The first-order valence-corrected chi connectivity index (χ1v) is 9.14. The Hall–Kier alpha value is -1.84. The van der Waals surface area contributed by atoms with E-state index in [9.17, 15) is 0 Å². The Labute approximate surface area is 179 Å². The smallest absolute Gasteiger partial charge is 0.191 e. The van der Waals surface area contributed by atoms with Gasteiger partial charge >= 0.3 is 0 Å². The van der Waals surface area contributed by atoms with E-state index in [2.05, 4.69) is 59.7 Å². The molecule has 0 fully saturated rings. The third-order valence-corrected chi connectivity index (χ3v) is 4.10. The van der Waals surface area contributed by atoms with Crippen molar-refractivity contribution in [3.63, 3.8) is 0 Å². The lowest BCUT2D eigenvalue weighted by molar-refractivity contribution is 0.215. The van der Waals surface area contributed by atoms with Crippen LogP contribution in [0.25, 0.3) is 0 Å². The number of halogens is 1. The van der Waals surface area contributed by atoms with E-state index in [4.69, 9.17) is 9.73 Å². The van der Waals surface area contributed by atoms with Crippen molar-refractivity contribution in [3.05, 3.63) is 41.5 Å². The van der Waals surface area contributed by atoms with E-state index < -0.39 is 0 Å². The van der Waals surface area contributed by atoms with Crippen LogP contribution in [0.1, 0.15) is 44.1 Å². The summed E-state index contributed by atoms with van der Waals surface area (Å²) in [5.41, 5.74) is 2.26. The molecule has 1 atom stereocenters. The minimum absolute atomic E-state index is 0. The van der Waals surface area contributed by atoms with Crippen LogP contribution in [0.2, 0.25) is 0 Å². The topological polar surface area (TPSA) is 76.4 Å². The maximum absolute atomic E-state index is 6.07. The zero-order chi connectivity index (χ0) is 18.9. The molecule has 150 valence electrons. The van der Waals surface area contributed by atoms with Gasteiger partial charge in [-0.1, -0.05) is 19.1 Å². The van der Waals surface area contributed by atoms with Crippen molar-refractivity contribution in [2.75, 3.05) is 6.54 Å². The highest BCUT2D eigenvalue weighted by molar-refractivity contribution is 14.0. The summed E-state index contributed by atoms with van der Waals surface area (Å²) >= 11 is 0. The zero-order valence-electron chi connectivity index (χ0n) is 16.8. The SMILES string of the molecule is CCNC(=NCc1ccc(C)cc1OC(C)CC)NCc1ncnn1C.I. The molecule has 27 heavy (non-hydrogen) atoms. The van der Waals surface area contributed by atoms with Gasteiger partial charge in [0.1, 0.15) is 17.9 Å². The molecule has 0 saturated carbocycles. The van der Waals surface area contributed by atoms with Gasteiger partial charge in [0.25, 0.3) is 0 Å². The van der Waals surface area contributed by atoms with Gasteiger partial charge in [0, 0.05) is 19.2 Å². The molecule has 0 amide bonds. The van der Waals surface area contributed by atoms with Gasteiger partial charge in [-0.15, -0.1) is 24.0 Å². The van der Waals surface area contributed by atoms with Gasteiger partial charge in [0.05, 0.1) is 19.2 Å². The minimum atomic E-state index is 0. The van der Waals surface area contributed by atoms with Crippen molar-refractivity contribution in [2.45, 2.75) is 53.3 Å². The number of rotatable bonds is 8. The van der Waals surface area contributed by atoms with Crippen molar-refractivity contribution < 1.29 is 4.74 Å². The molecule has 7 nitrogen and oxygen atoms in total. The van der Waals surface area contributed by atoms with Crippen LogP contribution in [0.3, 0.4) is 0 Å². The average Bonchev–Trinajstić information content (AvgIpc) is 3.03. The van der Waals surface area contributed by atoms with E-state index in [1.54, 1.807) is 11.0 Å². The van der Waals surface area contributed by atoms with E-state index in [0.29, 0.717) is 13.1 Å². The molecular formula is C19H31IN6O. The number of aromatic nitrogens is 3. The predicted octanol–water partition coefficient (Wildman–Crippen LogP) is 3.17. The summed E-state index contributed by atoms with van der Waals surface area (Å²) in [6.45, 7) is 10.2. The average molecular weight is 486 g/mol. The summed E-state index contributed by atoms with van der Waals surface area (Å²) in [5, 5.41) is 10.6. The fourth-order valence-electron chi connectivity index (χ4n) is 2.35. The number of nitrogens with zero attached hydrogens (tertiary/aromatic N) is 4. The number of aryl methyl sites for hydroxylation is 2. The molecule has 2 rings (SSSR count). The fraction of sp³-hybridized carbons (Fsp3) is 0.526. The van der Waals surface area contributed by atoms with E-state index in [1.165, 1.54) is 5.56 Å². The monoisotopic (exact) mass is 486 g/mol. The van der Waals surface area contributed by atoms with Crippen LogP contribution in [0.4, 0.5) is 0 Å². The molecule has 1 heterocycles. The number of hydrogen-bond acceptors (Lipinski definition) is 4. The van der Waals surface area contributed by atoms with Gasteiger partial charge in [-0.2, -0.15) is 5.10 Å². The van der Waals surface area contributed by atoms with Gasteiger partial charge in [0.2, 0.25) is 0 Å². The highest BCUT2D eigenvalue weighted by atomic mass is 127. The van der Waals surface area contributed by atoms with E-state index in [-0.39, 0.29) is 30.1 Å². The second-order valence-corrected chi connectivity index (χ2v) is 6.30. The standard InChI is InChI=1S/C19H30N6O.HI/c1-6-15(4)26-17-10-14(3)8-9-16(17)11-21-19(20-7-2)22-12-18-23-13-24-25(18)5;/h8-10,13,15H,6-7,11-12H2,1-5H3,(H2,20,21,22);1H. The first-order valence-electron chi connectivity index (χ1n) is 9.14. The molecule has 0 aliphatic carbocycles. The molecule has 0 bridgehead atoms. The molecule has 0 aliphatic rings. The normalized spacial score (nSPS) is 12.3. The number of nitrogens with one attached hydrogen (secondary N) is 2. The summed E-state index contributed by atoms with van der Waals surface area (Å²) in [4.78, 5) is 8.91. The highest BCUT2D eigenvalue weighted by Gasteiger charge is 2.09. The Morgan fingerprint density at radius 2 is 2.07 bits per heavy atom. The first kappa shape index (κ1) is 23.2. The molecule has 8 heteroatoms. The summed E-state index contributed by atoms with van der Waals surface area (Å²) in [6, 6.07) is 6.26. The zero-order valence-corrected chi connectivity index (χ0v) is 19.2. The van der Waals surface area contributed by atoms with Crippen molar-refractivity contribution >= 4 is 29.9 Å². The number of benzene rings is 1. The van der Waals surface area contributed by atoms with Crippen molar-refractivity contribution in [1.82, 2.24) is 25.4 Å². The Morgan fingerprint density at radius 1 is 1.30 bits per heavy atom. The number of hydrogen-bond donors (Lipinski definition) is 2. The largest absolute Gasteiger partial charge is 0.490 e. The number of ether oxygens (including phenoxy) is 1. The molecule has 2 aromatic rings. The molecule has 1 unspecified atom stereocenters. The Balaban J connectivity index is 0.00000364. The quantitative estimate of drug-likeness (QED) is 0.341. The van der Waals surface area contributed by atoms with E-state index in [0.717, 1.165) is 36.1 Å². The molecule has 2 N–H and O–H groups in total. The van der Waals surface area contributed by atoms with Crippen LogP contribution in [0.5, 0.6) is 5.75 Å². The second-order valence-electron chi connectivity index (χ2n) is 6.30. The van der Waals surface area contributed by atoms with Crippen LogP contribution in [-0.4, -0.2) is 33.4 Å². The van der Waals surface area contributed by atoms with Crippen molar-refractivity contribution in [1.29, 1.82) is 0 Å². The molecule has 1 aromatic carbocycles. The fourth-order valence-corrected chi connectivity index (χ4v) is 2.35. The second kappa shape index (κ2) is 11.8. The summed E-state index contributed by atoms with van der Waals surface area (Å²) in [5.74, 6) is 2.50. The summed E-state index contributed by atoms with van der Waals surface area (Å²) in [6.07, 6.45) is 2.70. The molecule has 0 radical (unpaired) electrons. The van der Waals surface area contributed by atoms with Gasteiger partial charge in [-0.05, 0) is 38.8 Å². The number of aliphatic imine (C=N–C) groups is 1. The summed E-state index contributed by atoms with van der Waals surface area (Å²) < 4.78 is 7.82. The van der Waals surface area contributed by atoms with Crippen LogP contribution in [0, 0.1) is 6.92 Å². The first-order chi connectivity index (χ1) is 12.5. The molecule has 0 aliphatic heterocycles. The third kappa shape index (κ3) is 7.36. The minimum Gasteiger partial charge on any atom is -0.490 e. The maximum Gasteiger partial charge on any atom is 0.191 e. The molecule has 0 spiro atoms. The predicted molar refractivity (Wildman–Crippen MR) is 120 cm³/mol. The third-order valence-electron chi connectivity index (χ3n) is 4.10. The van der Waals surface area contributed by atoms with Crippen LogP contribution in [0.15, 0.2) is 29.5 Å². The Kier molecular flexibility index (Phi) is 10.1. The summed E-state index contributed by atoms with van der Waals surface area (Å²) in [7, 11) is 1.87. The van der Waals surface area contributed by atoms with Gasteiger partial charge < -0.3 is 15.4 Å². The van der Waals surface area contributed by atoms with Crippen LogP contribution in [-0.2, 0) is 20.1 Å². The molecular weight excluding hydrogens is 455 g/mol. The van der Waals surface area contributed by atoms with Gasteiger partial charge in [-0.3, -0.25) is 4.68 Å². The molecule has 1 aromatic heterocycles. The van der Waals surface area contributed by atoms with Crippen LogP contribution >= 0.6 is 24.0 Å². The maximum atomic E-state index is 6.07. The van der Waals surface area contributed by atoms with Crippen LogP contribution < -0.4 is 15.4 Å². The number of guanidine groups is 1. The Bertz CT molecular complexity index is 731. The van der Waals surface area contributed by atoms with Crippen molar-refractivity contribution in [2.24, 2.45) is 12.0 Å². The van der Waals surface area contributed by atoms with E-state index in [1.807, 2.05) is 14.0 Å². The lowest BCUT2D eigenvalue weighted by Gasteiger charge is -2.17. The lowest BCUT2D eigenvalue weighted by Crippen LogP contribution is -2.37. The lowest BCUT2D eigenvalue weighted by atomic mass is 10.1. The van der Waals surface area contributed by atoms with E-state index >= 15 is 0 Å². The Morgan fingerprint density at radius 3 is 2.70 bits per heavy atom. The molecule has 0 saturated heterocycles.